The molecule has 1 unspecified atom stereocenters. The van der Waals surface area contributed by atoms with Crippen molar-refractivity contribution in [2.24, 2.45) is 5.92 Å². The van der Waals surface area contributed by atoms with Crippen molar-refractivity contribution >= 4 is 81.5 Å². The summed E-state index contributed by atoms with van der Waals surface area (Å²) >= 11 is 36.2. The van der Waals surface area contributed by atoms with Crippen LogP contribution >= 0.6 is 69.6 Å². The minimum atomic E-state index is -1.34. The van der Waals surface area contributed by atoms with Gasteiger partial charge in [-0.3, -0.25) is 9.59 Å². The SMILES string of the molecule is CCC(c1cccc(C)c1)C(C(=O)Oc1cc(Cl)c(Cl)c(Cl)c1)C(=O)Oc1cc(Cl)c(Cl)c(Cl)c1. The third kappa shape index (κ3) is 6.76. The fourth-order valence-corrected chi connectivity index (χ4v) is 4.68. The van der Waals surface area contributed by atoms with E-state index in [0.717, 1.165) is 11.1 Å². The highest BCUT2D eigenvalue weighted by Crippen LogP contribution is 2.38. The maximum atomic E-state index is 13.4. The van der Waals surface area contributed by atoms with Crippen LogP contribution in [-0.2, 0) is 9.59 Å². The second-order valence-electron chi connectivity index (χ2n) is 7.65. The molecule has 10 heteroatoms. The number of halogens is 6. The second-order valence-corrected chi connectivity index (χ2v) is 10.0. The van der Waals surface area contributed by atoms with Crippen molar-refractivity contribution in [2.45, 2.75) is 26.2 Å². The number of rotatable bonds is 7. The molecule has 4 nitrogen and oxygen atoms in total. The molecule has 0 saturated carbocycles. The quantitative estimate of drug-likeness (QED) is 0.118. The first-order valence-electron chi connectivity index (χ1n) is 10.3. The van der Waals surface area contributed by atoms with Crippen molar-refractivity contribution in [1.82, 2.24) is 0 Å². The fourth-order valence-electron chi connectivity index (χ4n) is 3.53. The summed E-state index contributed by atoms with van der Waals surface area (Å²) in [5.74, 6) is -3.56. The van der Waals surface area contributed by atoms with Crippen LogP contribution in [0.4, 0.5) is 0 Å². The molecule has 0 N–H and O–H groups in total. The van der Waals surface area contributed by atoms with Gasteiger partial charge in [0.15, 0.2) is 5.92 Å². The van der Waals surface area contributed by atoms with Crippen LogP contribution in [0.25, 0.3) is 0 Å². The average Bonchev–Trinajstić information content (AvgIpc) is 2.78. The van der Waals surface area contributed by atoms with Gasteiger partial charge in [-0.15, -0.1) is 0 Å². The van der Waals surface area contributed by atoms with Crippen LogP contribution in [0.1, 0.15) is 30.4 Å². The Morgan fingerprint density at radius 3 is 1.54 bits per heavy atom. The molecule has 0 radical (unpaired) electrons. The van der Waals surface area contributed by atoms with E-state index in [0.29, 0.717) is 6.42 Å². The van der Waals surface area contributed by atoms with Gasteiger partial charge in [-0.1, -0.05) is 106 Å². The van der Waals surface area contributed by atoms with Crippen molar-refractivity contribution in [3.63, 3.8) is 0 Å². The normalized spacial score (nSPS) is 11.9. The molecule has 0 aliphatic heterocycles. The molecule has 0 amide bonds. The number of carbonyl (C=O) groups excluding carboxylic acids is 2. The summed E-state index contributed by atoms with van der Waals surface area (Å²) in [5, 5.41) is 0.614. The van der Waals surface area contributed by atoms with Gasteiger partial charge in [-0.05, 0) is 18.9 Å². The summed E-state index contributed by atoms with van der Waals surface area (Å²) in [7, 11) is 0. The summed E-state index contributed by atoms with van der Waals surface area (Å²) in [6.07, 6.45) is 0.433. The number of ether oxygens (including phenoxy) is 2. The Hall–Kier alpha value is -1.66. The standard InChI is InChI=1S/C25H18Cl6O4/c1-3-16(13-6-4-5-12(2)7-13)21(24(32)34-14-8-17(26)22(30)18(27)9-14)25(33)35-15-10-19(28)23(31)20(29)11-15/h4-11,16,21H,3H2,1-2H3. The van der Waals surface area contributed by atoms with Gasteiger partial charge >= 0.3 is 11.9 Å². The number of hydrogen-bond acceptors (Lipinski definition) is 4. The van der Waals surface area contributed by atoms with Gasteiger partial charge in [0.05, 0.1) is 30.1 Å². The molecule has 3 rings (SSSR count). The van der Waals surface area contributed by atoms with Crippen LogP contribution in [0, 0.1) is 12.8 Å². The van der Waals surface area contributed by atoms with Crippen LogP contribution in [0.3, 0.4) is 0 Å². The molecular weight excluding hydrogens is 577 g/mol. The van der Waals surface area contributed by atoms with Crippen molar-refractivity contribution in [2.75, 3.05) is 0 Å². The third-order valence-corrected chi connectivity index (χ3v) is 7.57. The molecule has 3 aromatic carbocycles. The lowest BCUT2D eigenvalue weighted by Crippen LogP contribution is -2.36. The molecule has 0 aromatic heterocycles. The van der Waals surface area contributed by atoms with Gasteiger partial charge in [0.1, 0.15) is 11.5 Å². The maximum absolute atomic E-state index is 13.4. The molecule has 0 aliphatic carbocycles. The van der Waals surface area contributed by atoms with Gasteiger partial charge in [0.25, 0.3) is 0 Å². The Labute approximate surface area is 232 Å². The van der Waals surface area contributed by atoms with E-state index in [1.54, 1.807) is 0 Å². The van der Waals surface area contributed by atoms with Crippen molar-refractivity contribution in [1.29, 1.82) is 0 Å². The number of aryl methyl sites for hydroxylation is 1. The second kappa shape index (κ2) is 12.1. The van der Waals surface area contributed by atoms with Crippen LogP contribution in [0.15, 0.2) is 48.5 Å². The van der Waals surface area contributed by atoms with Gasteiger partial charge in [0.2, 0.25) is 0 Å². The number of benzene rings is 3. The fraction of sp³-hybridized carbons (Fsp3) is 0.200. The van der Waals surface area contributed by atoms with E-state index in [1.165, 1.54) is 24.3 Å². The molecule has 3 aromatic rings. The summed E-state index contributed by atoms with van der Waals surface area (Å²) in [5.41, 5.74) is 1.74. The number of carbonyl (C=O) groups is 2. The smallest absolute Gasteiger partial charge is 0.326 e. The largest absolute Gasteiger partial charge is 0.426 e. The van der Waals surface area contributed by atoms with E-state index < -0.39 is 23.8 Å². The Morgan fingerprint density at radius 1 is 0.743 bits per heavy atom. The highest BCUT2D eigenvalue weighted by atomic mass is 35.5. The van der Waals surface area contributed by atoms with E-state index in [9.17, 15) is 9.59 Å². The molecular formula is C25H18Cl6O4. The lowest BCUT2D eigenvalue weighted by Gasteiger charge is -2.24. The van der Waals surface area contributed by atoms with Gasteiger partial charge in [0, 0.05) is 30.2 Å². The predicted octanol–water partition coefficient (Wildman–Crippen LogP) is 9.24. The minimum Gasteiger partial charge on any atom is -0.426 e. The Morgan fingerprint density at radius 2 is 1.17 bits per heavy atom. The molecule has 0 fully saturated rings. The molecule has 0 saturated heterocycles. The summed E-state index contributed by atoms with van der Waals surface area (Å²) in [4.78, 5) is 26.8. The zero-order valence-electron chi connectivity index (χ0n) is 18.4. The molecule has 0 spiro atoms. The topological polar surface area (TPSA) is 52.6 Å². The average molecular weight is 595 g/mol. The van der Waals surface area contributed by atoms with Crippen molar-refractivity contribution < 1.29 is 19.1 Å². The van der Waals surface area contributed by atoms with Gasteiger partial charge < -0.3 is 9.47 Å². The van der Waals surface area contributed by atoms with E-state index in [-0.39, 0.29) is 41.6 Å². The van der Waals surface area contributed by atoms with E-state index in [4.69, 9.17) is 79.1 Å². The van der Waals surface area contributed by atoms with E-state index in [2.05, 4.69) is 0 Å². The predicted molar refractivity (Wildman–Crippen MR) is 142 cm³/mol. The Bertz CT molecular complexity index is 1160. The van der Waals surface area contributed by atoms with Crippen LogP contribution in [0.2, 0.25) is 30.1 Å². The molecule has 184 valence electrons. The minimum absolute atomic E-state index is 0.0314. The summed E-state index contributed by atoms with van der Waals surface area (Å²) in [6, 6.07) is 12.8. The van der Waals surface area contributed by atoms with Crippen LogP contribution < -0.4 is 9.47 Å². The highest BCUT2D eigenvalue weighted by Gasteiger charge is 2.39. The number of hydrogen-bond donors (Lipinski definition) is 0. The van der Waals surface area contributed by atoms with E-state index in [1.807, 2.05) is 38.1 Å². The Kier molecular flexibility index (Phi) is 9.61. The van der Waals surface area contributed by atoms with E-state index >= 15 is 0 Å². The van der Waals surface area contributed by atoms with Crippen LogP contribution in [-0.4, -0.2) is 11.9 Å². The van der Waals surface area contributed by atoms with Crippen molar-refractivity contribution in [3.8, 4) is 11.5 Å². The number of esters is 2. The highest BCUT2D eigenvalue weighted by molar-refractivity contribution is 6.48. The first kappa shape index (κ1) is 27.9. The maximum Gasteiger partial charge on any atom is 0.326 e. The van der Waals surface area contributed by atoms with Gasteiger partial charge in [-0.25, -0.2) is 0 Å². The molecule has 1 atom stereocenters. The molecule has 0 heterocycles. The molecule has 0 bridgehead atoms. The molecule has 35 heavy (non-hydrogen) atoms. The first-order valence-corrected chi connectivity index (χ1v) is 12.6. The van der Waals surface area contributed by atoms with Crippen molar-refractivity contribution in [3.05, 3.63) is 89.8 Å². The zero-order valence-corrected chi connectivity index (χ0v) is 22.9. The summed E-state index contributed by atoms with van der Waals surface area (Å²) in [6.45, 7) is 3.77. The zero-order chi connectivity index (χ0) is 25.9. The monoisotopic (exact) mass is 592 g/mol. The lowest BCUT2D eigenvalue weighted by molar-refractivity contribution is -0.152. The summed E-state index contributed by atoms with van der Waals surface area (Å²) < 4.78 is 11.0. The Balaban J connectivity index is 2.00. The van der Waals surface area contributed by atoms with Gasteiger partial charge in [-0.2, -0.15) is 0 Å². The van der Waals surface area contributed by atoms with Crippen LogP contribution in [0.5, 0.6) is 11.5 Å². The first-order chi connectivity index (χ1) is 16.5. The lowest BCUT2D eigenvalue weighted by atomic mass is 9.83. The molecule has 0 aliphatic rings. The third-order valence-electron chi connectivity index (χ3n) is 5.17.